The third-order valence-electron chi connectivity index (χ3n) is 4.22. The second-order valence-corrected chi connectivity index (χ2v) is 5.44. The van der Waals surface area contributed by atoms with Crippen molar-refractivity contribution in [3.63, 3.8) is 0 Å². The maximum absolute atomic E-state index is 12.7. The summed E-state index contributed by atoms with van der Waals surface area (Å²) in [5, 5.41) is 3.00. The summed E-state index contributed by atoms with van der Waals surface area (Å²) in [6.45, 7) is 2.04. The number of piperazine rings is 1. The molecule has 0 radical (unpaired) electrons. The van der Waals surface area contributed by atoms with Crippen molar-refractivity contribution in [2.24, 2.45) is 0 Å². The summed E-state index contributed by atoms with van der Waals surface area (Å²) < 4.78 is 5.23. The van der Waals surface area contributed by atoms with Gasteiger partial charge in [0.1, 0.15) is 12.3 Å². The van der Waals surface area contributed by atoms with Crippen LogP contribution in [0.4, 0.5) is 0 Å². The average Bonchev–Trinajstić information content (AvgIpc) is 2.94. The fourth-order valence-electron chi connectivity index (χ4n) is 3.23. The molecule has 2 amide bonds. The van der Waals surface area contributed by atoms with Gasteiger partial charge in [-0.2, -0.15) is 0 Å². The van der Waals surface area contributed by atoms with E-state index in [1.54, 1.807) is 4.90 Å². The minimum Gasteiger partial charge on any atom is -0.448 e. The molecule has 1 aromatic rings. The lowest BCUT2D eigenvalue weighted by molar-refractivity contribution is -0.127. The third-order valence-corrected chi connectivity index (χ3v) is 4.22. The van der Waals surface area contributed by atoms with Crippen LogP contribution in [0.2, 0.25) is 0 Å². The van der Waals surface area contributed by atoms with Crippen molar-refractivity contribution in [1.82, 2.24) is 15.2 Å². The van der Waals surface area contributed by atoms with E-state index in [1.165, 1.54) is 6.39 Å². The zero-order valence-electron chi connectivity index (χ0n) is 11.6. The highest BCUT2D eigenvalue weighted by Crippen LogP contribution is 2.27. The molecule has 1 aliphatic heterocycles. The highest BCUT2D eigenvalue weighted by molar-refractivity contribution is 5.96. The van der Waals surface area contributed by atoms with Gasteiger partial charge in [0.2, 0.25) is 5.91 Å². The van der Waals surface area contributed by atoms with Crippen molar-refractivity contribution in [2.45, 2.75) is 51.1 Å². The Bertz CT molecular complexity index is 525. The molecule has 2 atom stereocenters. The van der Waals surface area contributed by atoms with Crippen LogP contribution < -0.4 is 5.32 Å². The predicted molar refractivity (Wildman–Crippen MR) is 71.1 cm³/mol. The number of hydrogen-bond acceptors (Lipinski definition) is 4. The van der Waals surface area contributed by atoms with Crippen LogP contribution in [0.25, 0.3) is 0 Å². The van der Waals surface area contributed by atoms with Gasteiger partial charge in [0.15, 0.2) is 12.1 Å². The molecule has 1 aromatic heterocycles. The molecule has 2 unspecified atom stereocenters. The van der Waals surface area contributed by atoms with Gasteiger partial charge < -0.3 is 14.6 Å². The molecule has 2 heterocycles. The van der Waals surface area contributed by atoms with Crippen LogP contribution >= 0.6 is 0 Å². The zero-order valence-corrected chi connectivity index (χ0v) is 11.6. The molecule has 1 saturated carbocycles. The molecule has 1 N–H and O–H groups in total. The van der Waals surface area contributed by atoms with Crippen LogP contribution in [0.15, 0.2) is 10.8 Å². The van der Waals surface area contributed by atoms with Gasteiger partial charge in [-0.3, -0.25) is 9.59 Å². The van der Waals surface area contributed by atoms with Gasteiger partial charge in [-0.25, -0.2) is 4.98 Å². The lowest BCUT2D eigenvalue weighted by atomic mass is 9.87. The van der Waals surface area contributed by atoms with Crippen molar-refractivity contribution < 1.29 is 14.0 Å². The lowest BCUT2D eigenvalue weighted by Crippen LogP contribution is -2.63. The smallest absolute Gasteiger partial charge is 0.276 e. The van der Waals surface area contributed by atoms with Crippen molar-refractivity contribution >= 4 is 11.8 Å². The Morgan fingerprint density at radius 1 is 1.50 bits per heavy atom. The molecule has 0 bridgehead atoms. The Labute approximate surface area is 117 Å². The van der Waals surface area contributed by atoms with E-state index in [2.05, 4.69) is 10.3 Å². The maximum Gasteiger partial charge on any atom is 0.276 e. The van der Waals surface area contributed by atoms with E-state index in [0.29, 0.717) is 17.9 Å². The Kier molecular flexibility index (Phi) is 3.46. The summed E-state index contributed by atoms with van der Waals surface area (Å²) in [5.74, 6) is 0.332. The summed E-state index contributed by atoms with van der Waals surface area (Å²) >= 11 is 0. The Morgan fingerprint density at radius 2 is 2.30 bits per heavy atom. The van der Waals surface area contributed by atoms with Crippen LogP contribution in [0.3, 0.4) is 0 Å². The number of aryl methyl sites for hydroxylation is 1. The molecule has 1 saturated heterocycles. The van der Waals surface area contributed by atoms with Crippen LogP contribution in [-0.2, 0) is 11.2 Å². The first kappa shape index (κ1) is 13.1. The Balaban J connectivity index is 1.87. The van der Waals surface area contributed by atoms with Crippen LogP contribution in [-0.4, -0.2) is 40.3 Å². The van der Waals surface area contributed by atoms with E-state index >= 15 is 0 Å². The van der Waals surface area contributed by atoms with E-state index in [4.69, 9.17) is 4.42 Å². The number of carbonyl (C=O) groups excluding carboxylic acids is 2. The number of rotatable bonds is 2. The molecule has 6 heteroatoms. The van der Waals surface area contributed by atoms with Gasteiger partial charge in [0.05, 0.1) is 6.04 Å². The normalized spacial score (nSPS) is 26.1. The number of aromatic nitrogens is 1. The highest BCUT2D eigenvalue weighted by atomic mass is 16.3. The number of amides is 2. The summed E-state index contributed by atoms with van der Waals surface area (Å²) in [6, 6.07) is 0.182. The van der Waals surface area contributed by atoms with Gasteiger partial charge in [0.25, 0.3) is 5.91 Å². The quantitative estimate of drug-likeness (QED) is 0.879. The molecule has 6 nitrogen and oxygen atoms in total. The molecule has 108 valence electrons. The summed E-state index contributed by atoms with van der Waals surface area (Å²) in [7, 11) is 0. The SMILES string of the molecule is CCc1ocnc1C(=O)N1CC(=O)NC2CCCCC21. The molecular weight excluding hydrogens is 258 g/mol. The molecule has 0 aromatic carbocycles. The first-order valence-corrected chi connectivity index (χ1v) is 7.23. The van der Waals surface area contributed by atoms with Crippen LogP contribution in [0, 0.1) is 0 Å². The van der Waals surface area contributed by atoms with Crippen LogP contribution in [0.5, 0.6) is 0 Å². The second kappa shape index (κ2) is 5.26. The summed E-state index contributed by atoms with van der Waals surface area (Å²) in [4.78, 5) is 30.2. The van der Waals surface area contributed by atoms with Gasteiger partial charge in [0, 0.05) is 12.5 Å². The van der Waals surface area contributed by atoms with E-state index in [0.717, 1.165) is 25.7 Å². The topological polar surface area (TPSA) is 75.4 Å². The number of carbonyl (C=O) groups is 2. The van der Waals surface area contributed by atoms with Crippen molar-refractivity contribution in [3.8, 4) is 0 Å². The minimum atomic E-state index is -0.178. The number of hydrogen-bond donors (Lipinski definition) is 1. The number of oxazole rings is 1. The third kappa shape index (κ3) is 2.19. The van der Waals surface area contributed by atoms with Gasteiger partial charge in [-0.05, 0) is 12.8 Å². The summed E-state index contributed by atoms with van der Waals surface area (Å²) in [6.07, 6.45) is 6.01. The van der Waals surface area contributed by atoms with E-state index in [-0.39, 0.29) is 30.4 Å². The van der Waals surface area contributed by atoms with E-state index < -0.39 is 0 Å². The molecule has 2 aliphatic rings. The number of nitrogens with zero attached hydrogens (tertiary/aromatic N) is 2. The summed E-state index contributed by atoms with van der Waals surface area (Å²) in [5.41, 5.74) is 0.353. The van der Waals surface area contributed by atoms with Crippen molar-refractivity contribution in [3.05, 3.63) is 17.8 Å². The van der Waals surface area contributed by atoms with Gasteiger partial charge in [-0.1, -0.05) is 19.8 Å². The fourth-order valence-corrected chi connectivity index (χ4v) is 3.23. The molecule has 3 rings (SSSR count). The Morgan fingerprint density at radius 3 is 3.10 bits per heavy atom. The molecule has 0 spiro atoms. The van der Waals surface area contributed by atoms with Crippen molar-refractivity contribution in [2.75, 3.05) is 6.54 Å². The zero-order chi connectivity index (χ0) is 14.1. The monoisotopic (exact) mass is 277 g/mol. The van der Waals surface area contributed by atoms with E-state index in [1.807, 2.05) is 6.92 Å². The molecular formula is C14H19N3O3. The number of nitrogens with one attached hydrogen (secondary N) is 1. The van der Waals surface area contributed by atoms with Gasteiger partial charge in [-0.15, -0.1) is 0 Å². The first-order valence-electron chi connectivity index (χ1n) is 7.23. The standard InChI is InChI=1S/C14H19N3O3/c1-2-11-13(15-8-20-11)14(19)17-7-12(18)16-9-5-3-4-6-10(9)17/h8-10H,2-7H2,1H3,(H,16,18). The highest BCUT2D eigenvalue weighted by Gasteiger charge is 2.40. The molecule has 2 fully saturated rings. The predicted octanol–water partition coefficient (Wildman–Crippen LogP) is 1.12. The largest absolute Gasteiger partial charge is 0.448 e. The lowest BCUT2D eigenvalue weighted by Gasteiger charge is -2.43. The van der Waals surface area contributed by atoms with E-state index in [9.17, 15) is 9.59 Å². The molecule has 1 aliphatic carbocycles. The second-order valence-electron chi connectivity index (χ2n) is 5.44. The molecule has 20 heavy (non-hydrogen) atoms. The fraction of sp³-hybridized carbons (Fsp3) is 0.643. The Hall–Kier alpha value is -1.85. The average molecular weight is 277 g/mol. The van der Waals surface area contributed by atoms with Crippen LogP contribution in [0.1, 0.15) is 48.9 Å². The first-order chi connectivity index (χ1) is 9.70. The van der Waals surface area contributed by atoms with Gasteiger partial charge >= 0.3 is 0 Å². The maximum atomic E-state index is 12.7. The van der Waals surface area contributed by atoms with Crippen molar-refractivity contribution in [1.29, 1.82) is 0 Å². The number of fused-ring (bicyclic) bond motifs is 1. The minimum absolute atomic E-state index is 0.0805.